The first-order chi connectivity index (χ1) is 13.5. The van der Waals surface area contributed by atoms with E-state index < -0.39 is 11.2 Å². The molecule has 0 saturated heterocycles. The Balaban J connectivity index is 1.66. The van der Waals surface area contributed by atoms with Gasteiger partial charge in [0, 0.05) is 19.3 Å². The molecule has 4 fully saturated rings. The number of carbonyl (C=O) groups is 1. The standard InChI is InChI=1S/C20H26ClFN4O2/c1-3-28-18(27)13-11-4-6-12(7-5-11)15(13)24-17-14(22)16(25-19(21)26-17)20(8-9-20)10-23-2/h10-13,15H,3-9H2,1-2H3,(H,24,25,26)/b23-10+/t11?,12?,13-,15-/m0/s1. The van der Waals surface area contributed by atoms with Crippen LogP contribution in [0.15, 0.2) is 4.99 Å². The van der Waals surface area contributed by atoms with Crippen molar-refractivity contribution in [2.75, 3.05) is 19.0 Å². The number of anilines is 1. The van der Waals surface area contributed by atoms with Crippen LogP contribution in [0.25, 0.3) is 0 Å². The van der Waals surface area contributed by atoms with Crippen LogP contribution in [0.5, 0.6) is 0 Å². The smallest absolute Gasteiger partial charge is 0.311 e. The van der Waals surface area contributed by atoms with Crippen molar-refractivity contribution in [2.45, 2.75) is 56.9 Å². The molecule has 5 rings (SSSR count). The molecule has 152 valence electrons. The lowest BCUT2D eigenvalue weighted by Crippen LogP contribution is -2.52. The lowest BCUT2D eigenvalue weighted by Gasteiger charge is -2.47. The summed E-state index contributed by atoms with van der Waals surface area (Å²) >= 11 is 6.14. The minimum absolute atomic E-state index is 0.00308. The van der Waals surface area contributed by atoms with Crippen molar-refractivity contribution in [1.82, 2.24) is 9.97 Å². The SMILES string of the molecule is CCOC(=O)[C@H]1C2CCC(CC2)[C@@H]1Nc1nc(Cl)nc(C2(/C=N/C)CC2)c1F. The summed E-state index contributed by atoms with van der Waals surface area (Å²) in [6.07, 6.45) is 7.39. The third kappa shape index (κ3) is 3.38. The molecule has 4 aliphatic carbocycles. The Hall–Kier alpha value is -1.76. The predicted octanol–water partition coefficient (Wildman–Crippen LogP) is 3.78. The largest absolute Gasteiger partial charge is 0.466 e. The van der Waals surface area contributed by atoms with E-state index in [1.54, 1.807) is 13.3 Å². The molecule has 0 spiro atoms. The summed E-state index contributed by atoms with van der Waals surface area (Å²) < 4.78 is 20.7. The highest BCUT2D eigenvalue weighted by Crippen LogP contribution is 2.49. The maximum absolute atomic E-state index is 15.4. The number of halogens is 2. The van der Waals surface area contributed by atoms with Crippen molar-refractivity contribution in [3.8, 4) is 0 Å². The molecule has 0 aromatic carbocycles. The fourth-order valence-electron chi connectivity index (χ4n) is 5.05. The molecule has 0 amide bonds. The molecule has 0 radical (unpaired) electrons. The second-order valence-electron chi connectivity index (χ2n) is 8.17. The van der Waals surface area contributed by atoms with E-state index in [-0.39, 0.29) is 40.6 Å². The zero-order valence-corrected chi connectivity index (χ0v) is 17.0. The quantitative estimate of drug-likeness (QED) is 0.440. The molecule has 1 heterocycles. The predicted molar refractivity (Wildman–Crippen MR) is 105 cm³/mol. The minimum Gasteiger partial charge on any atom is -0.466 e. The lowest BCUT2D eigenvalue weighted by molar-refractivity contribution is -0.154. The van der Waals surface area contributed by atoms with Gasteiger partial charge < -0.3 is 10.1 Å². The number of rotatable bonds is 6. The number of hydrogen-bond acceptors (Lipinski definition) is 6. The Labute approximate surface area is 169 Å². The highest BCUT2D eigenvalue weighted by molar-refractivity contribution is 6.28. The molecule has 8 heteroatoms. The van der Waals surface area contributed by atoms with E-state index in [0.29, 0.717) is 12.5 Å². The van der Waals surface area contributed by atoms with Crippen LogP contribution in [-0.2, 0) is 14.9 Å². The summed E-state index contributed by atoms with van der Waals surface area (Å²) in [6.45, 7) is 2.15. The molecule has 0 aliphatic heterocycles. The van der Waals surface area contributed by atoms with Gasteiger partial charge in [-0.15, -0.1) is 0 Å². The number of aliphatic imine (C=N–C) groups is 1. The maximum Gasteiger partial charge on any atom is 0.311 e. The number of ether oxygens (including phenoxy) is 1. The fourth-order valence-corrected chi connectivity index (χ4v) is 5.22. The van der Waals surface area contributed by atoms with E-state index >= 15 is 4.39 Å². The van der Waals surface area contributed by atoms with Crippen LogP contribution in [0.4, 0.5) is 10.2 Å². The maximum atomic E-state index is 15.4. The van der Waals surface area contributed by atoms with Crippen LogP contribution in [0.3, 0.4) is 0 Å². The monoisotopic (exact) mass is 408 g/mol. The zero-order valence-electron chi connectivity index (χ0n) is 16.3. The first-order valence-electron chi connectivity index (χ1n) is 10.1. The number of nitrogens with zero attached hydrogens (tertiary/aromatic N) is 3. The fraction of sp³-hybridized carbons (Fsp3) is 0.700. The van der Waals surface area contributed by atoms with Crippen LogP contribution in [-0.4, -0.2) is 41.8 Å². The van der Waals surface area contributed by atoms with Crippen molar-refractivity contribution >= 4 is 29.6 Å². The molecule has 1 aromatic rings. The van der Waals surface area contributed by atoms with Gasteiger partial charge in [0.15, 0.2) is 11.6 Å². The van der Waals surface area contributed by atoms with Gasteiger partial charge in [0.05, 0.1) is 23.6 Å². The minimum atomic E-state index is -0.495. The van der Waals surface area contributed by atoms with Gasteiger partial charge in [-0.2, -0.15) is 4.98 Å². The highest BCUT2D eigenvalue weighted by Gasteiger charge is 2.50. The molecule has 6 nitrogen and oxygen atoms in total. The van der Waals surface area contributed by atoms with Crippen LogP contribution in [0.2, 0.25) is 5.28 Å². The molecular weight excluding hydrogens is 383 g/mol. The van der Waals surface area contributed by atoms with Gasteiger partial charge in [-0.1, -0.05) is 0 Å². The van der Waals surface area contributed by atoms with Gasteiger partial charge in [0.2, 0.25) is 5.28 Å². The van der Waals surface area contributed by atoms with Gasteiger partial charge >= 0.3 is 5.97 Å². The molecule has 0 unspecified atom stereocenters. The van der Waals surface area contributed by atoms with Crippen molar-refractivity contribution in [3.63, 3.8) is 0 Å². The highest BCUT2D eigenvalue weighted by atomic mass is 35.5. The van der Waals surface area contributed by atoms with Gasteiger partial charge in [-0.05, 0) is 68.9 Å². The summed E-state index contributed by atoms with van der Waals surface area (Å²) in [5.41, 5.74) is -0.206. The van der Waals surface area contributed by atoms with E-state index in [1.807, 2.05) is 6.92 Å². The molecule has 4 saturated carbocycles. The average Bonchev–Trinajstić information content (AvgIpc) is 3.46. The van der Waals surface area contributed by atoms with E-state index in [4.69, 9.17) is 16.3 Å². The first kappa shape index (κ1) is 19.6. The lowest BCUT2D eigenvalue weighted by atomic mass is 9.61. The topological polar surface area (TPSA) is 76.5 Å². The Morgan fingerprint density at radius 2 is 2.00 bits per heavy atom. The van der Waals surface area contributed by atoms with Gasteiger partial charge in [0.1, 0.15) is 0 Å². The zero-order chi connectivity index (χ0) is 19.9. The second kappa shape index (κ2) is 7.58. The summed E-state index contributed by atoms with van der Waals surface area (Å²) in [4.78, 5) is 25.0. The van der Waals surface area contributed by atoms with Gasteiger partial charge in [-0.25, -0.2) is 9.37 Å². The normalized spacial score (nSPS) is 30.4. The summed E-state index contributed by atoms with van der Waals surface area (Å²) in [6, 6.07) is -0.199. The number of nitrogens with one attached hydrogen (secondary N) is 1. The first-order valence-corrected chi connectivity index (χ1v) is 10.5. The van der Waals surface area contributed by atoms with Crippen molar-refractivity contribution in [1.29, 1.82) is 0 Å². The van der Waals surface area contributed by atoms with Crippen LogP contribution in [0, 0.1) is 23.6 Å². The number of aromatic nitrogens is 2. The van der Waals surface area contributed by atoms with E-state index in [2.05, 4.69) is 20.3 Å². The molecule has 4 aliphatic rings. The molecule has 1 N–H and O–H groups in total. The number of hydrogen-bond donors (Lipinski definition) is 1. The van der Waals surface area contributed by atoms with E-state index in [1.165, 1.54) is 0 Å². The number of fused-ring (bicyclic) bond motifs is 3. The molecule has 2 atom stereocenters. The third-order valence-corrected chi connectivity index (χ3v) is 6.71. The third-order valence-electron chi connectivity index (χ3n) is 6.54. The summed E-state index contributed by atoms with van der Waals surface area (Å²) in [5.74, 6) is -0.335. The van der Waals surface area contributed by atoms with Crippen molar-refractivity contribution in [3.05, 3.63) is 16.8 Å². The van der Waals surface area contributed by atoms with Crippen molar-refractivity contribution < 1.29 is 13.9 Å². The molecular formula is C20H26ClFN4O2. The van der Waals surface area contributed by atoms with E-state index in [9.17, 15) is 4.79 Å². The molecule has 28 heavy (non-hydrogen) atoms. The number of esters is 1. The van der Waals surface area contributed by atoms with Gasteiger partial charge in [-0.3, -0.25) is 9.79 Å². The molecule has 1 aromatic heterocycles. The van der Waals surface area contributed by atoms with E-state index in [0.717, 1.165) is 38.5 Å². The average molecular weight is 409 g/mol. The Kier molecular flexibility index (Phi) is 5.29. The van der Waals surface area contributed by atoms with Crippen LogP contribution < -0.4 is 5.32 Å². The number of carbonyl (C=O) groups excluding carboxylic acids is 1. The summed E-state index contributed by atoms with van der Waals surface area (Å²) in [5, 5.41) is 3.24. The Bertz CT molecular complexity index is 791. The van der Waals surface area contributed by atoms with Gasteiger partial charge in [0.25, 0.3) is 0 Å². The van der Waals surface area contributed by atoms with Crippen LogP contribution >= 0.6 is 11.6 Å². The Morgan fingerprint density at radius 1 is 1.32 bits per heavy atom. The van der Waals surface area contributed by atoms with Crippen molar-refractivity contribution in [2.24, 2.45) is 22.7 Å². The van der Waals surface area contributed by atoms with Crippen LogP contribution in [0.1, 0.15) is 51.1 Å². The summed E-state index contributed by atoms with van der Waals surface area (Å²) in [7, 11) is 1.67. The molecule has 2 bridgehead atoms. The Morgan fingerprint density at radius 3 is 2.61 bits per heavy atom. The second-order valence-corrected chi connectivity index (χ2v) is 8.51.